The van der Waals surface area contributed by atoms with Crippen molar-refractivity contribution in [3.05, 3.63) is 28.8 Å². The Morgan fingerprint density at radius 1 is 1.25 bits per heavy atom. The first-order valence-corrected chi connectivity index (χ1v) is 6.71. The van der Waals surface area contributed by atoms with Crippen molar-refractivity contribution in [2.24, 2.45) is 0 Å². The van der Waals surface area contributed by atoms with Gasteiger partial charge < -0.3 is 9.84 Å². The van der Waals surface area contributed by atoms with Gasteiger partial charge in [0.25, 0.3) is 0 Å². The minimum atomic E-state index is 0.180. The molecule has 0 bridgehead atoms. The standard InChI is InChI=1S/C13H19BrO2/c1-10-8-12(4-5-14)9-11(2)13(10)16-7-3-6-15/h8-9,15H,3-7H2,1-2H3. The fourth-order valence-electron chi connectivity index (χ4n) is 1.76. The van der Waals surface area contributed by atoms with Crippen LogP contribution in [-0.4, -0.2) is 23.7 Å². The predicted molar refractivity (Wildman–Crippen MR) is 70.6 cm³/mol. The molecule has 16 heavy (non-hydrogen) atoms. The Morgan fingerprint density at radius 3 is 2.38 bits per heavy atom. The highest BCUT2D eigenvalue weighted by Gasteiger charge is 2.06. The van der Waals surface area contributed by atoms with Crippen LogP contribution < -0.4 is 4.74 Å². The minimum Gasteiger partial charge on any atom is -0.493 e. The number of ether oxygens (including phenoxy) is 1. The Kier molecular flexibility index (Phi) is 5.85. The van der Waals surface area contributed by atoms with Crippen LogP contribution in [0.15, 0.2) is 12.1 Å². The molecule has 0 aromatic heterocycles. The van der Waals surface area contributed by atoms with Gasteiger partial charge in [0.15, 0.2) is 0 Å². The lowest BCUT2D eigenvalue weighted by Crippen LogP contribution is -2.03. The average molecular weight is 287 g/mol. The zero-order valence-corrected chi connectivity index (χ0v) is 11.5. The van der Waals surface area contributed by atoms with Crippen molar-refractivity contribution in [3.63, 3.8) is 0 Å². The zero-order chi connectivity index (χ0) is 12.0. The third kappa shape index (κ3) is 3.80. The van der Waals surface area contributed by atoms with Gasteiger partial charge in [-0.25, -0.2) is 0 Å². The van der Waals surface area contributed by atoms with Crippen molar-refractivity contribution in [1.82, 2.24) is 0 Å². The number of halogens is 1. The number of aryl methyl sites for hydroxylation is 3. The molecule has 0 fully saturated rings. The van der Waals surface area contributed by atoms with E-state index in [1.54, 1.807) is 0 Å². The normalized spacial score (nSPS) is 10.5. The lowest BCUT2D eigenvalue weighted by molar-refractivity contribution is 0.232. The molecule has 0 saturated carbocycles. The summed E-state index contributed by atoms with van der Waals surface area (Å²) in [6.07, 6.45) is 1.72. The van der Waals surface area contributed by atoms with Crippen LogP contribution in [0.4, 0.5) is 0 Å². The molecule has 1 aromatic carbocycles. The van der Waals surface area contributed by atoms with Crippen LogP contribution in [-0.2, 0) is 6.42 Å². The number of hydrogen-bond donors (Lipinski definition) is 1. The summed E-state index contributed by atoms with van der Waals surface area (Å²) >= 11 is 3.45. The number of hydrogen-bond acceptors (Lipinski definition) is 2. The Bertz CT molecular complexity index is 314. The molecule has 0 amide bonds. The molecule has 1 aromatic rings. The Labute approximate surface area is 106 Å². The van der Waals surface area contributed by atoms with E-state index in [1.165, 1.54) is 16.7 Å². The molecular formula is C13H19BrO2. The Morgan fingerprint density at radius 2 is 1.88 bits per heavy atom. The lowest BCUT2D eigenvalue weighted by atomic mass is 10.0. The van der Waals surface area contributed by atoms with Gasteiger partial charge in [0.1, 0.15) is 5.75 Å². The molecule has 0 heterocycles. The quantitative estimate of drug-likeness (QED) is 0.644. The predicted octanol–water partition coefficient (Wildman–Crippen LogP) is 3.00. The second-order valence-corrected chi connectivity index (χ2v) is 4.72. The van der Waals surface area contributed by atoms with Gasteiger partial charge in [0.05, 0.1) is 6.61 Å². The van der Waals surface area contributed by atoms with Crippen LogP contribution in [0.2, 0.25) is 0 Å². The summed E-state index contributed by atoms with van der Waals surface area (Å²) in [4.78, 5) is 0. The maximum absolute atomic E-state index is 8.71. The number of aliphatic hydroxyl groups excluding tert-OH is 1. The van der Waals surface area contributed by atoms with Crippen LogP contribution in [0.1, 0.15) is 23.1 Å². The summed E-state index contributed by atoms with van der Waals surface area (Å²) in [6, 6.07) is 4.34. The number of alkyl halides is 1. The van der Waals surface area contributed by atoms with E-state index >= 15 is 0 Å². The van der Waals surface area contributed by atoms with Gasteiger partial charge in [0, 0.05) is 18.4 Å². The molecule has 0 atom stereocenters. The second-order valence-electron chi connectivity index (χ2n) is 3.92. The smallest absolute Gasteiger partial charge is 0.125 e. The van der Waals surface area contributed by atoms with Gasteiger partial charge in [-0.15, -0.1) is 0 Å². The van der Waals surface area contributed by atoms with Crippen molar-refractivity contribution in [3.8, 4) is 5.75 Å². The van der Waals surface area contributed by atoms with Crippen molar-refractivity contribution in [2.45, 2.75) is 26.7 Å². The third-order valence-corrected chi connectivity index (χ3v) is 2.85. The van der Waals surface area contributed by atoms with Gasteiger partial charge in [-0.3, -0.25) is 0 Å². The van der Waals surface area contributed by atoms with E-state index in [1.807, 2.05) is 0 Å². The van der Waals surface area contributed by atoms with E-state index < -0.39 is 0 Å². The Hall–Kier alpha value is -0.540. The SMILES string of the molecule is Cc1cc(CCBr)cc(C)c1OCCCO. The molecule has 0 aliphatic carbocycles. The topological polar surface area (TPSA) is 29.5 Å². The van der Waals surface area contributed by atoms with Gasteiger partial charge in [-0.1, -0.05) is 28.1 Å². The second kappa shape index (κ2) is 6.92. The van der Waals surface area contributed by atoms with Crippen LogP contribution in [0, 0.1) is 13.8 Å². The summed E-state index contributed by atoms with van der Waals surface area (Å²) in [5, 5.41) is 9.69. The lowest BCUT2D eigenvalue weighted by Gasteiger charge is -2.13. The largest absolute Gasteiger partial charge is 0.493 e. The summed E-state index contributed by atoms with van der Waals surface area (Å²) in [7, 11) is 0. The molecule has 1 rings (SSSR count). The maximum atomic E-state index is 8.71. The van der Waals surface area contributed by atoms with E-state index in [-0.39, 0.29) is 6.61 Å². The number of rotatable bonds is 6. The van der Waals surface area contributed by atoms with Crippen molar-refractivity contribution >= 4 is 15.9 Å². The molecule has 0 spiro atoms. The van der Waals surface area contributed by atoms with Gasteiger partial charge in [-0.2, -0.15) is 0 Å². The van der Waals surface area contributed by atoms with Crippen molar-refractivity contribution in [2.75, 3.05) is 18.5 Å². The zero-order valence-electron chi connectivity index (χ0n) is 9.92. The summed E-state index contributed by atoms with van der Waals surface area (Å²) in [5.74, 6) is 0.965. The van der Waals surface area contributed by atoms with Crippen LogP contribution in [0.5, 0.6) is 5.75 Å². The molecule has 3 heteroatoms. The highest BCUT2D eigenvalue weighted by Crippen LogP contribution is 2.25. The van der Waals surface area contributed by atoms with Gasteiger partial charge in [0.2, 0.25) is 0 Å². The molecule has 0 aliphatic heterocycles. The van der Waals surface area contributed by atoms with E-state index in [2.05, 4.69) is 41.9 Å². The molecule has 1 N–H and O–H groups in total. The number of aliphatic hydroxyl groups is 1. The van der Waals surface area contributed by atoms with Gasteiger partial charge >= 0.3 is 0 Å². The van der Waals surface area contributed by atoms with Crippen molar-refractivity contribution in [1.29, 1.82) is 0 Å². The van der Waals surface area contributed by atoms with Gasteiger partial charge in [-0.05, 0) is 37.0 Å². The van der Waals surface area contributed by atoms with E-state index in [0.717, 1.165) is 17.5 Å². The molecule has 2 nitrogen and oxygen atoms in total. The van der Waals surface area contributed by atoms with Crippen LogP contribution in [0.3, 0.4) is 0 Å². The molecule has 0 unspecified atom stereocenters. The molecule has 0 saturated heterocycles. The first kappa shape index (κ1) is 13.5. The average Bonchev–Trinajstić information content (AvgIpc) is 2.23. The highest BCUT2D eigenvalue weighted by molar-refractivity contribution is 9.09. The highest BCUT2D eigenvalue weighted by atomic mass is 79.9. The molecular weight excluding hydrogens is 268 g/mol. The number of benzene rings is 1. The molecule has 0 aliphatic rings. The molecule has 90 valence electrons. The van der Waals surface area contributed by atoms with Crippen molar-refractivity contribution < 1.29 is 9.84 Å². The minimum absolute atomic E-state index is 0.180. The van der Waals surface area contributed by atoms with E-state index in [0.29, 0.717) is 13.0 Å². The fraction of sp³-hybridized carbons (Fsp3) is 0.538. The van der Waals surface area contributed by atoms with E-state index in [4.69, 9.17) is 9.84 Å². The maximum Gasteiger partial charge on any atom is 0.125 e. The summed E-state index contributed by atoms with van der Waals surface area (Å²) in [5.41, 5.74) is 3.68. The Balaban J connectivity index is 2.77. The molecule has 0 radical (unpaired) electrons. The monoisotopic (exact) mass is 286 g/mol. The van der Waals surface area contributed by atoms with E-state index in [9.17, 15) is 0 Å². The first-order valence-electron chi connectivity index (χ1n) is 5.58. The third-order valence-electron chi connectivity index (χ3n) is 2.45. The van der Waals surface area contributed by atoms with Crippen LogP contribution in [0.25, 0.3) is 0 Å². The summed E-state index contributed by atoms with van der Waals surface area (Å²) < 4.78 is 5.67. The first-order chi connectivity index (χ1) is 7.69. The fourth-order valence-corrected chi connectivity index (χ4v) is 2.22. The summed E-state index contributed by atoms with van der Waals surface area (Å²) in [6.45, 7) is 4.90. The van der Waals surface area contributed by atoms with Crippen LogP contribution >= 0.6 is 15.9 Å².